The molecule has 2 aromatic heterocycles. The monoisotopic (exact) mass is 333 g/mol. The first-order chi connectivity index (χ1) is 12.2. The van der Waals surface area contributed by atoms with Crippen LogP contribution in [-0.4, -0.2) is 26.9 Å². The van der Waals surface area contributed by atoms with E-state index < -0.39 is 0 Å². The highest BCUT2D eigenvalue weighted by molar-refractivity contribution is 5.85. The molecule has 7 nitrogen and oxygen atoms in total. The maximum Gasteiger partial charge on any atom is 0.168 e. The van der Waals surface area contributed by atoms with E-state index in [1.165, 1.54) is 6.33 Å². The summed E-state index contributed by atoms with van der Waals surface area (Å²) in [6.07, 6.45) is 3.08. The van der Waals surface area contributed by atoms with Crippen LogP contribution < -0.4 is 15.2 Å². The third kappa shape index (κ3) is 2.83. The van der Waals surface area contributed by atoms with Gasteiger partial charge < -0.3 is 15.2 Å². The first kappa shape index (κ1) is 14.9. The lowest BCUT2D eigenvalue weighted by Crippen LogP contribution is -1.99. The molecule has 2 aromatic carbocycles. The van der Waals surface area contributed by atoms with Crippen molar-refractivity contribution < 1.29 is 9.47 Å². The zero-order valence-electron chi connectivity index (χ0n) is 13.5. The van der Waals surface area contributed by atoms with Gasteiger partial charge in [0.05, 0.1) is 24.4 Å². The molecule has 0 unspecified atom stereocenters. The van der Waals surface area contributed by atoms with Crippen LogP contribution in [0, 0.1) is 0 Å². The van der Waals surface area contributed by atoms with Crippen LogP contribution in [0.2, 0.25) is 0 Å². The molecule has 2 N–H and O–H groups in total. The molecule has 124 valence electrons. The number of nitrogens with two attached hydrogens (primary N) is 1. The van der Waals surface area contributed by atoms with Gasteiger partial charge in [0.1, 0.15) is 29.4 Å². The number of hydrogen-bond acceptors (Lipinski definition) is 6. The fourth-order valence-corrected chi connectivity index (χ4v) is 2.51. The average Bonchev–Trinajstić information content (AvgIpc) is 3.08. The Morgan fingerprint density at radius 3 is 2.56 bits per heavy atom. The highest BCUT2D eigenvalue weighted by Gasteiger charge is 2.09. The molecule has 0 saturated carbocycles. The van der Waals surface area contributed by atoms with Gasteiger partial charge in [0.2, 0.25) is 0 Å². The normalized spacial score (nSPS) is 10.8. The standard InChI is InChI=1S/C18H15N5O2/c1-24-14-3-2-4-15(9-14)25-13-7-5-12(6-8-13)23-18-16(10-22-23)17(19)20-11-21-18/h2-11H,1H3,(H2,19,20,21). The minimum Gasteiger partial charge on any atom is -0.497 e. The van der Waals surface area contributed by atoms with Gasteiger partial charge in [-0.05, 0) is 36.4 Å². The van der Waals surface area contributed by atoms with E-state index in [0.717, 1.165) is 16.8 Å². The second kappa shape index (κ2) is 6.12. The predicted molar refractivity (Wildman–Crippen MR) is 94.1 cm³/mol. The van der Waals surface area contributed by atoms with Crippen molar-refractivity contribution in [1.82, 2.24) is 19.7 Å². The van der Waals surface area contributed by atoms with Crippen LogP contribution in [-0.2, 0) is 0 Å². The zero-order chi connectivity index (χ0) is 17.2. The van der Waals surface area contributed by atoms with Crippen molar-refractivity contribution in [1.29, 1.82) is 0 Å². The number of nitrogen functional groups attached to an aromatic ring is 1. The van der Waals surface area contributed by atoms with Gasteiger partial charge in [0, 0.05) is 6.07 Å². The van der Waals surface area contributed by atoms with Crippen molar-refractivity contribution in [2.24, 2.45) is 0 Å². The van der Waals surface area contributed by atoms with E-state index in [-0.39, 0.29) is 0 Å². The average molecular weight is 333 g/mol. The second-order valence-corrected chi connectivity index (χ2v) is 5.33. The quantitative estimate of drug-likeness (QED) is 0.617. The lowest BCUT2D eigenvalue weighted by Gasteiger charge is -2.08. The number of nitrogens with zero attached hydrogens (tertiary/aromatic N) is 4. The molecule has 0 bridgehead atoms. The van der Waals surface area contributed by atoms with Gasteiger partial charge in [0.15, 0.2) is 5.65 Å². The molecule has 4 rings (SSSR count). The SMILES string of the molecule is COc1cccc(Oc2ccc(-n3ncc4c(N)ncnc43)cc2)c1. The van der Waals surface area contributed by atoms with Crippen LogP contribution in [0.3, 0.4) is 0 Å². The number of fused-ring (bicyclic) bond motifs is 1. The fraction of sp³-hybridized carbons (Fsp3) is 0.0556. The topological polar surface area (TPSA) is 88.1 Å². The molecule has 7 heteroatoms. The van der Waals surface area contributed by atoms with Crippen molar-refractivity contribution in [2.75, 3.05) is 12.8 Å². The maximum atomic E-state index is 5.85. The Hall–Kier alpha value is -3.61. The molecule has 0 radical (unpaired) electrons. The molecule has 0 aliphatic carbocycles. The number of ether oxygens (including phenoxy) is 2. The summed E-state index contributed by atoms with van der Waals surface area (Å²) in [5.74, 6) is 2.57. The minimum atomic E-state index is 0.411. The van der Waals surface area contributed by atoms with Crippen molar-refractivity contribution in [3.63, 3.8) is 0 Å². The third-order valence-corrected chi connectivity index (χ3v) is 3.75. The predicted octanol–water partition coefficient (Wildman–Crippen LogP) is 3.20. The van der Waals surface area contributed by atoms with Crippen LogP contribution in [0.1, 0.15) is 0 Å². The van der Waals surface area contributed by atoms with E-state index >= 15 is 0 Å². The van der Waals surface area contributed by atoms with Gasteiger partial charge in [-0.2, -0.15) is 5.10 Å². The smallest absolute Gasteiger partial charge is 0.168 e. The largest absolute Gasteiger partial charge is 0.497 e. The summed E-state index contributed by atoms with van der Waals surface area (Å²) in [6, 6.07) is 15.0. The maximum absolute atomic E-state index is 5.85. The van der Waals surface area contributed by atoms with Gasteiger partial charge in [0.25, 0.3) is 0 Å². The van der Waals surface area contributed by atoms with Crippen molar-refractivity contribution in [3.05, 3.63) is 61.1 Å². The second-order valence-electron chi connectivity index (χ2n) is 5.33. The Kier molecular flexibility index (Phi) is 3.66. The van der Waals surface area contributed by atoms with Gasteiger partial charge in [-0.25, -0.2) is 14.6 Å². The number of benzene rings is 2. The third-order valence-electron chi connectivity index (χ3n) is 3.75. The van der Waals surface area contributed by atoms with Gasteiger partial charge in [-0.15, -0.1) is 0 Å². The summed E-state index contributed by atoms with van der Waals surface area (Å²) in [7, 11) is 1.62. The van der Waals surface area contributed by atoms with Crippen LogP contribution in [0.5, 0.6) is 17.2 Å². The molecule has 0 aliphatic heterocycles. The highest BCUT2D eigenvalue weighted by Crippen LogP contribution is 2.26. The van der Waals surface area contributed by atoms with Crippen LogP contribution in [0.4, 0.5) is 5.82 Å². The Morgan fingerprint density at radius 2 is 1.76 bits per heavy atom. The van der Waals surface area contributed by atoms with E-state index in [4.69, 9.17) is 15.2 Å². The molecule has 0 aliphatic rings. The number of aromatic nitrogens is 4. The van der Waals surface area contributed by atoms with Crippen LogP contribution in [0.25, 0.3) is 16.7 Å². The minimum absolute atomic E-state index is 0.411. The summed E-state index contributed by atoms with van der Waals surface area (Å²) in [4.78, 5) is 8.22. The lowest BCUT2D eigenvalue weighted by atomic mass is 10.3. The number of rotatable bonds is 4. The van der Waals surface area contributed by atoms with Crippen LogP contribution >= 0.6 is 0 Å². The highest BCUT2D eigenvalue weighted by atomic mass is 16.5. The first-order valence-electron chi connectivity index (χ1n) is 7.61. The van der Waals surface area contributed by atoms with Crippen LogP contribution in [0.15, 0.2) is 61.1 Å². The Balaban J connectivity index is 1.62. The number of hydrogen-bond donors (Lipinski definition) is 1. The number of anilines is 1. The Morgan fingerprint density at radius 1 is 0.960 bits per heavy atom. The molecule has 0 amide bonds. The summed E-state index contributed by atoms with van der Waals surface area (Å²) in [6.45, 7) is 0. The first-order valence-corrected chi connectivity index (χ1v) is 7.61. The van der Waals surface area contributed by atoms with Gasteiger partial charge in [-0.1, -0.05) is 6.07 Å². The Labute approximate surface area is 143 Å². The summed E-state index contributed by atoms with van der Waals surface area (Å²) < 4.78 is 12.8. The zero-order valence-corrected chi connectivity index (χ0v) is 13.5. The number of methoxy groups -OCH3 is 1. The molecular weight excluding hydrogens is 318 g/mol. The Bertz CT molecular complexity index is 1030. The molecule has 0 fully saturated rings. The summed E-state index contributed by atoms with van der Waals surface area (Å²) >= 11 is 0. The van der Waals surface area contributed by atoms with Crippen molar-refractivity contribution >= 4 is 16.9 Å². The molecule has 0 atom stereocenters. The van der Waals surface area contributed by atoms with Gasteiger partial charge >= 0.3 is 0 Å². The molecule has 25 heavy (non-hydrogen) atoms. The fourth-order valence-electron chi connectivity index (χ4n) is 2.51. The van der Waals surface area contributed by atoms with E-state index in [0.29, 0.717) is 23.0 Å². The molecule has 4 aromatic rings. The van der Waals surface area contributed by atoms with E-state index in [9.17, 15) is 0 Å². The van der Waals surface area contributed by atoms with E-state index in [1.54, 1.807) is 18.0 Å². The van der Waals surface area contributed by atoms with Crippen molar-refractivity contribution in [2.45, 2.75) is 0 Å². The lowest BCUT2D eigenvalue weighted by molar-refractivity contribution is 0.409. The molecule has 0 spiro atoms. The molecular formula is C18H15N5O2. The summed E-state index contributed by atoms with van der Waals surface area (Å²) in [5, 5.41) is 5.06. The molecule has 2 heterocycles. The van der Waals surface area contributed by atoms with Crippen molar-refractivity contribution in [3.8, 4) is 22.9 Å². The van der Waals surface area contributed by atoms with E-state index in [1.807, 2.05) is 48.5 Å². The van der Waals surface area contributed by atoms with Gasteiger partial charge in [-0.3, -0.25) is 0 Å². The summed E-state index contributed by atoms with van der Waals surface area (Å²) in [5.41, 5.74) is 7.36. The van der Waals surface area contributed by atoms with E-state index in [2.05, 4.69) is 15.1 Å². The molecule has 0 saturated heterocycles.